The fourth-order valence-electron chi connectivity index (χ4n) is 8.13. The van der Waals surface area contributed by atoms with Gasteiger partial charge in [0.15, 0.2) is 0 Å². The van der Waals surface area contributed by atoms with Crippen LogP contribution >= 0.6 is 0 Å². The molecule has 1 radical (unpaired) electrons. The SMILES string of the molecule is C[n+]1[c-]n(-c2[c-]cc3c4c5c(ccc24)C=CCC5=CC3)cc1.C[n+]1[c-]n(-c2[c-]cc3c4c5c(ccc24)C=CCC5=CC3)cc1.[Ir].c1ccc(-c2cnn[n-]2)nc1. The van der Waals surface area contributed by atoms with Crippen molar-refractivity contribution in [3.63, 3.8) is 0 Å². The molecule has 4 aromatic carbocycles. The molecule has 9 heteroatoms. The number of hydrogen-bond acceptors (Lipinski definition) is 3. The molecular formula is C47H35IrN8-3. The van der Waals surface area contributed by atoms with E-state index in [1.165, 1.54) is 66.1 Å². The van der Waals surface area contributed by atoms with E-state index in [9.17, 15) is 0 Å². The molecule has 0 spiro atoms. The summed E-state index contributed by atoms with van der Waals surface area (Å²) in [5, 5.41) is 16.2. The minimum absolute atomic E-state index is 0. The van der Waals surface area contributed by atoms with Crippen molar-refractivity contribution >= 4 is 44.8 Å². The Hall–Kier alpha value is -6.28. The first kappa shape index (κ1) is 35.4. The summed E-state index contributed by atoms with van der Waals surface area (Å²) < 4.78 is 7.93. The van der Waals surface area contributed by atoms with Crippen LogP contribution in [0.2, 0.25) is 0 Å². The largest absolute Gasteiger partial charge is 0.358 e. The molecule has 8 nitrogen and oxygen atoms in total. The van der Waals surface area contributed by atoms with Crippen LogP contribution in [0, 0.1) is 24.8 Å². The maximum Gasteiger partial charge on any atom is 0.241 e. The summed E-state index contributed by atoms with van der Waals surface area (Å²) >= 11 is 0. The molecule has 275 valence electrons. The van der Waals surface area contributed by atoms with E-state index in [0.29, 0.717) is 5.69 Å². The van der Waals surface area contributed by atoms with Crippen molar-refractivity contribution in [2.24, 2.45) is 14.1 Å². The van der Waals surface area contributed by atoms with E-state index in [1.807, 2.05) is 75.4 Å². The van der Waals surface area contributed by atoms with Crippen molar-refractivity contribution in [2.45, 2.75) is 25.7 Å². The molecule has 0 saturated heterocycles. The molecule has 0 bridgehead atoms. The quantitative estimate of drug-likeness (QED) is 0.138. The van der Waals surface area contributed by atoms with Crippen LogP contribution in [0.4, 0.5) is 0 Å². The van der Waals surface area contributed by atoms with Gasteiger partial charge in [0.05, 0.1) is 19.8 Å². The number of imidazole rings is 2. The summed E-state index contributed by atoms with van der Waals surface area (Å²) in [5.74, 6) is 0. The van der Waals surface area contributed by atoms with Gasteiger partial charge in [-0.2, -0.15) is 24.3 Å². The molecule has 4 aliphatic carbocycles. The molecule has 8 aromatic rings. The summed E-state index contributed by atoms with van der Waals surface area (Å²) in [4.78, 5) is 4.08. The maximum absolute atomic E-state index is 4.08. The molecule has 4 heterocycles. The number of rotatable bonds is 3. The average molecular weight is 904 g/mol. The van der Waals surface area contributed by atoms with Gasteiger partial charge in [-0.15, -0.1) is 44.8 Å². The van der Waals surface area contributed by atoms with Gasteiger partial charge in [0.25, 0.3) is 0 Å². The van der Waals surface area contributed by atoms with Crippen LogP contribution in [0.15, 0.2) is 116 Å². The Labute approximate surface area is 338 Å². The maximum atomic E-state index is 4.08. The normalized spacial score (nSPS) is 13.9. The van der Waals surface area contributed by atoms with Crippen LogP contribution < -0.4 is 14.2 Å². The second-order valence-electron chi connectivity index (χ2n) is 14.1. The predicted octanol–water partition coefficient (Wildman–Crippen LogP) is 7.32. The summed E-state index contributed by atoms with van der Waals surface area (Å²) in [5.41, 5.74) is 14.9. The molecular weight excluding hydrogens is 869 g/mol. The molecule has 0 N–H and O–H groups in total. The number of aromatic nitrogens is 8. The Balaban J connectivity index is 0.000000115. The minimum Gasteiger partial charge on any atom is -0.358 e. The van der Waals surface area contributed by atoms with Crippen molar-refractivity contribution < 1.29 is 29.2 Å². The van der Waals surface area contributed by atoms with Crippen LogP contribution in [0.5, 0.6) is 0 Å². The molecule has 0 saturated carbocycles. The van der Waals surface area contributed by atoms with Crippen molar-refractivity contribution in [1.82, 2.24) is 29.5 Å². The molecule has 12 rings (SSSR count). The third-order valence-electron chi connectivity index (χ3n) is 10.6. The Kier molecular flexibility index (Phi) is 9.33. The Morgan fingerprint density at radius 1 is 0.696 bits per heavy atom. The van der Waals surface area contributed by atoms with E-state index in [4.69, 9.17) is 0 Å². The summed E-state index contributed by atoms with van der Waals surface area (Å²) in [6.45, 7) is 0. The molecule has 0 fully saturated rings. The van der Waals surface area contributed by atoms with Crippen LogP contribution in [-0.2, 0) is 47.0 Å². The van der Waals surface area contributed by atoms with Gasteiger partial charge in [-0.05, 0) is 64.1 Å². The van der Waals surface area contributed by atoms with Crippen molar-refractivity contribution in [2.75, 3.05) is 0 Å². The van der Waals surface area contributed by atoms with E-state index >= 15 is 0 Å². The number of aryl methyl sites for hydroxylation is 2. The number of allylic oxidation sites excluding steroid dienone is 6. The molecule has 0 aliphatic heterocycles. The second kappa shape index (κ2) is 14.8. The fraction of sp³-hybridized carbons (Fsp3) is 0.128. The van der Waals surface area contributed by atoms with E-state index in [-0.39, 0.29) is 20.1 Å². The smallest absolute Gasteiger partial charge is 0.241 e. The first-order valence-corrected chi connectivity index (χ1v) is 18.5. The van der Waals surface area contributed by atoms with E-state index in [0.717, 1.165) is 42.8 Å². The van der Waals surface area contributed by atoms with Crippen molar-refractivity contribution in [3.8, 4) is 22.8 Å². The summed E-state index contributed by atoms with van der Waals surface area (Å²) in [7, 11) is 3.98. The zero-order chi connectivity index (χ0) is 36.9. The topological polar surface area (TPSA) is 70.4 Å². The molecule has 56 heavy (non-hydrogen) atoms. The summed E-state index contributed by atoms with van der Waals surface area (Å²) in [6.07, 6.45) is 35.8. The number of pyridine rings is 1. The number of nitrogens with zero attached hydrogens (tertiary/aromatic N) is 8. The first-order chi connectivity index (χ1) is 27.1. The average Bonchev–Trinajstić information content (AvgIpc) is 4.03. The summed E-state index contributed by atoms with van der Waals surface area (Å²) in [6, 6.07) is 25.8. The van der Waals surface area contributed by atoms with E-state index in [2.05, 4.69) is 118 Å². The molecule has 4 aliphatic rings. The van der Waals surface area contributed by atoms with Gasteiger partial charge in [0.2, 0.25) is 12.7 Å². The van der Waals surface area contributed by atoms with Crippen LogP contribution in [-0.4, -0.2) is 24.4 Å². The second-order valence-corrected chi connectivity index (χ2v) is 14.1. The molecule has 0 unspecified atom stereocenters. The molecule has 4 aromatic heterocycles. The van der Waals surface area contributed by atoms with Gasteiger partial charge in [-0.25, -0.2) is 0 Å². The van der Waals surface area contributed by atoms with E-state index in [1.54, 1.807) is 12.4 Å². The van der Waals surface area contributed by atoms with Gasteiger partial charge < -0.3 is 28.5 Å². The van der Waals surface area contributed by atoms with Crippen molar-refractivity contribution in [3.05, 3.63) is 174 Å². The zero-order valence-electron chi connectivity index (χ0n) is 30.9. The third kappa shape index (κ3) is 6.29. The van der Waals surface area contributed by atoms with Crippen molar-refractivity contribution in [1.29, 1.82) is 0 Å². The van der Waals surface area contributed by atoms with Gasteiger partial charge >= 0.3 is 0 Å². The molecule has 0 atom stereocenters. The first-order valence-electron chi connectivity index (χ1n) is 18.5. The Morgan fingerprint density at radius 2 is 1.27 bits per heavy atom. The van der Waals surface area contributed by atoms with Gasteiger partial charge in [0.1, 0.15) is 0 Å². The van der Waals surface area contributed by atoms with Gasteiger partial charge in [-0.3, -0.25) is 10.2 Å². The monoisotopic (exact) mass is 904 g/mol. The zero-order valence-corrected chi connectivity index (χ0v) is 33.3. The predicted molar refractivity (Wildman–Crippen MR) is 213 cm³/mol. The Morgan fingerprint density at radius 3 is 1.73 bits per heavy atom. The minimum atomic E-state index is 0. The number of benzene rings is 4. The van der Waals surface area contributed by atoms with E-state index < -0.39 is 0 Å². The third-order valence-corrected chi connectivity index (χ3v) is 10.6. The number of hydrogen-bond donors (Lipinski definition) is 0. The van der Waals surface area contributed by atoms with Crippen LogP contribution in [0.3, 0.4) is 0 Å². The fourth-order valence-corrected chi connectivity index (χ4v) is 8.13. The van der Waals surface area contributed by atoms with Crippen LogP contribution in [0.1, 0.15) is 46.2 Å². The standard InChI is InChI=1S/2C20H15N2.C7H5N4.Ir/c2*1-21-11-12-22(13-21)18-10-8-16-6-5-14-3-2-4-15-7-9-17(18)20(16)19(14)15;1-2-4-8-6(3-1)7-5-9-11-10-7;/h2*2,4-5,7-9,11-12H,3,6H2,1H3;1-5H;/q3*-1;. The van der Waals surface area contributed by atoms with Crippen LogP contribution in [0.25, 0.3) is 67.6 Å². The van der Waals surface area contributed by atoms with Gasteiger partial charge in [-0.1, -0.05) is 85.1 Å². The molecule has 0 amide bonds. The van der Waals surface area contributed by atoms with Gasteiger partial charge in [0, 0.05) is 51.1 Å². The Bertz CT molecular complexity index is 2730.